The molecule has 0 bridgehead atoms. The third-order valence-corrected chi connectivity index (χ3v) is 3.13. The van der Waals surface area contributed by atoms with Gasteiger partial charge in [-0.05, 0) is 53.6 Å². The van der Waals surface area contributed by atoms with E-state index in [1.165, 1.54) is 0 Å². The van der Waals surface area contributed by atoms with Gasteiger partial charge in [-0.1, -0.05) is 0 Å². The Bertz CT molecular complexity index is 314. The molecule has 0 saturated heterocycles. The molecule has 0 heterocycles. The molecule has 1 aromatic carbocycles. The number of hydrogen-bond acceptors (Lipinski definition) is 3. The molecule has 0 aliphatic carbocycles. The maximum absolute atomic E-state index is 5.76. The van der Waals surface area contributed by atoms with Crippen LogP contribution in [0.1, 0.15) is 12.5 Å². The number of halogens is 1. The summed E-state index contributed by atoms with van der Waals surface area (Å²) in [5.41, 5.74) is 6.90. The van der Waals surface area contributed by atoms with Crippen LogP contribution in [0.4, 0.5) is 0 Å². The largest absolute Gasteiger partial charge is 0.495 e. The van der Waals surface area contributed by atoms with Crippen molar-refractivity contribution in [2.24, 2.45) is 5.73 Å². The first kappa shape index (κ1) is 12.6. The summed E-state index contributed by atoms with van der Waals surface area (Å²) in [6, 6.07) is 4.15. The summed E-state index contributed by atoms with van der Waals surface area (Å²) in [6.07, 6.45) is 0.823. The fraction of sp³-hybridized carbons (Fsp3) is 0.455. The van der Waals surface area contributed by atoms with Gasteiger partial charge in [0.25, 0.3) is 0 Å². The van der Waals surface area contributed by atoms with Gasteiger partial charge in [0, 0.05) is 6.04 Å². The van der Waals surface area contributed by atoms with Gasteiger partial charge < -0.3 is 15.2 Å². The van der Waals surface area contributed by atoms with Crippen LogP contribution in [0.15, 0.2) is 12.1 Å². The van der Waals surface area contributed by atoms with Gasteiger partial charge in [-0.3, -0.25) is 0 Å². The molecule has 0 spiro atoms. The van der Waals surface area contributed by atoms with Crippen molar-refractivity contribution in [3.05, 3.63) is 21.3 Å². The molecule has 1 atom stereocenters. The average molecular weight is 321 g/mol. The predicted octanol–water partition coefficient (Wildman–Crippen LogP) is 2.20. The maximum Gasteiger partial charge on any atom is 0.136 e. The number of ether oxygens (including phenoxy) is 2. The SMILES string of the molecule is COc1cc(C[C@@H](C)N)cc(OC)c1I. The van der Waals surface area contributed by atoms with E-state index in [1.807, 2.05) is 19.1 Å². The second-order valence-electron chi connectivity index (χ2n) is 3.50. The Balaban J connectivity index is 3.09. The van der Waals surface area contributed by atoms with Crippen LogP contribution in [0.3, 0.4) is 0 Å². The van der Waals surface area contributed by atoms with Gasteiger partial charge in [0.1, 0.15) is 11.5 Å². The van der Waals surface area contributed by atoms with Crippen molar-refractivity contribution in [2.75, 3.05) is 14.2 Å². The summed E-state index contributed by atoms with van der Waals surface area (Å²) in [5, 5.41) is 0. The predicted molar refractivity (Wildman–Crippen MR) is 69.6 cm³/mol. The van der Waals surface area contributed by atoms with Crippen molar-refractivity contribution in [3.8, 4) is 11.5 Å². The summed E-state index contributed by atoms with van der Waals surface area (Å²) >= 11 is 2.21. The minimum Gasteiger partial charge on any atom is -0.495 e. The Kier molecular flexibility index (Phi) is 4.66. The van der Waals surface area contributed by atoms with Crippen molar-refractivity contribution in [1.29, 1.82) is 0 Å². The van der Waals surface area contributed by atoms with Crippen molar-refractivity contribution < 1.29 is 9.47 Å². The standard InChI is InChI=1S/C11H16INO2/c1-7(13)4-8-5-9(14-2)11(12)10(6-8)15-3/h5-7H,4,13H2,1-3H3/t7-/m1/s1. The minimum atomic E-state index is 0.138. The van der Waals surface area contributed by atoms with E-state index in [9.17, 15) is 0 Å². The Hall–Kier alpha value is -0.490. The molecule has 0 amide bonds. The number of hydrogen-bond donors (Lipinski definition) is 1. The van der Waals surface area contributed by atoms with E-state index in [-0.39, 0.29) is 6.04 Å². The summed E-state index contributed by atoms with van der Waals surface area (Å²) in [5.74, 6) is 1.68. The lowest BCUT2D eigenvalue weighted by Gasteiger charge is -2.12. The molecule has 1 aromatic rings. The first-order valence-electron chi connectivity index (χ1n) is 4.74. The number of benzene rings is 1. The Morgan fingerprint density at radius 3 is 2.07 bits per heavy atom. The first-order valence-corrected chi connectivity index (χ1v) is 5.82. The highest BCUT2D eigenvalue weighted by Gasteiger charge is 2.10. The molecular formula is C11H16INO2. The van der Waals surface area contributed by atoms with Gasteiger partial charge in [-0.2, -0.15) is 0 Å². The van der Waals surface area contributed by atoms with Gasteiger partial charge in [-0.15, -0.1) is 0 Å². The summed E-state index contributed by atoms with van der Waals surface area (Å²) < 4.78 is 11.6. The van der Waals surface area contributed by atoms with Gasteiger partial charge >= 0.3 is 0 Å². The maximum atomic E-state index is 5.76. The second-order valence-corrected chi connectivity index (χ2v) is 4.57. The topological polar surface area (TPSA) is 44.5 Å². The van der Waals surface area contributed by atoms with Crippen LogP contribution in [-0.4, -0.2) is 20.3 Å². The van der Waals surface area contributed by atoms with E-state index < -0.39 is 0 Å². The molecule has 0 radical (unpaired) electrons. The molecule has 0 saturated carbocycles. The van der Waals surface area contributed by atoms with Crippen LogP contribution in [-0.2, 0) is 6.42 Å². The summed E-state index contributed by atoms with van der Waals surface area (Å²) in [7, 11) is 3.32. The lowest BCUT2D eigenvalue weighted by atomic mass is 10.1. The third-order valence-electron chi connectivity index (χ3n) is 2.06. The Labute approximate surface area is 104 Å². The minimum absolute atomic E-state index is 0.138. The highest BCUT2D eigenvalue weighted by Crippen LogP contribution is 2.32. The number of nitrogens with two attached hydrogens (primary N) is 1. The molecule has 0 fully saturated rings. The van der Waals surface area contributed by atoms with E-state index in [4.69, 9.17) is 15.2 Å². The molecule has 15 heavy (non-hydrogen) atoms. The second kappa shape index (κ2) is 5.55. The fourth-order valence-electron chi connectivity index (χ4n) is 1.41. The van der Waals surface area contributed by atoms with E-state index in [0.29, 0.717) is 0 Å². The van der Waals surface area contributed by atoms with Crippen molar-refractivity contribution in [1.82, 2.24) is 0 Å². The highest BCUT2D eigenvalue weighted by molar-refractivity contribution is 14.1. The van der Waals surface area contributed by atoms with Crippen LogP contribution >= 0.6 is 22.6 Å². The third kappa shape index (κ3) is 3.24. The van der Waals surface area contributed by atoms with E-state index >= 15 is 0 Å². The van der Waals surface area contributed by atoms with Gasteiger partial charge in [0.05, 0.1) is 17.8 Å². The molecule has 0 aliphatic heterocycles. The van der Waals surface area contributed by atoms with Gasteiger partial charge in [-0.25, -0.2) is 0 Å². The van der Waals surface area contributed by atoms with Crippen LogP contribution in [0, 0.1) is 3.57 Å². The zero-order valence-corrected chi connectivity index (χ0v) is 11.4. The van der Waals surface area contributed by atoms with Gasteiger partial charge in [0.15, 0.2) is 0 Å². The molecule has 84 valence electrons. The van der Waals surface area contributed by atoms with Crippen LogP contribution < -0.4 is 15.2 Å². The number of rotatable bonds is 4. The summed E-state index contributed by atoms with van der Waals surface area (Å²) in [6.45, 7) is 1.98. The Morgan fingerprint density at radius 2 is 1.73 bits per heavy atom. The highest BCUT2D eigenvalue weighted by atomic mass is 127. The zero-order chi connectivity index (χ0) is 11.4. The molecule has 0 aliphatic rings. The smallest absolute Gasteiger partial charge is 0.136 e. The Morgan fingerprint density at radius 1 is 1.27 bits per heavy atom. The van der Waals surface area contributed by atoms with E-state index in [0.717, 1.165) is 27.1 Å². The average Bonchev–Trinajstić information content (AvgIpc) is 2.19. The lowest BCUT2D eigenvalue weighted by Crippen LogP contribution is -2.17. The normalized spacial score (nSPS) is 12.3. The zero-order valence-electron chi connectivity index (χ0n) is 9.21. The van der Waals surface area contributed by atoms with E-state index in [1.54, 1.807) is 14.2 Å². The lowest BCUT2D eigenvalue weighted by molar-refractivity contribution is 0.388. The molecule has 1 rings (SSSR count). The molecule has 4 heteroatoms. The van der Waals surface area contributed by atoms with Crippen molar-refractivity contribution >= 4 is 22.6 Å². The monoisotopic (exact) mass is 321 g/mol. The summed E-state index contributed by atoms with van der Waals surface area (Å²) in [4.78, 5) is 0. The van der Waals surface area contributed by atoms with Crippen molar-refractivity contribution in [3.63, 3.8) is 0 Å². The van der Waals surface area contributed by atoms with Crippen LogP contribution in [0.2, 0.25) is 0 Å². The quantitative estimate of drug-likeness (QED) is 0.865. The molecule has 2 N–H and O–H groups in total. The van der Waals surface area contributed by atoms with Crippen LogP contribution in [0.25, 0.3) is 0 Å². The van der Waals surface area contributed by atoms with Crippen molar-refractivity contribution in [2.45, 2.75) is 19.4 Å². The first-order chi connectivity index (χ1) is 7.08. The molecule has 3 nitrogen and oxygen atoms in total. The van der Waals surface area contributed by atoms with E-state index in [2.05, 4.69) is 22.6 Å². The fourth-order valence-corrected chi connectivity index (χ4v) is 2.17. The number of methoxy groups -OCH3 is 2. The molecule has 0 aromatic heterocycles. The van der Waals surface area contributed by atoms with Crippen LogP contribution in [0.5, 0.6) is 11.5 Å². The van der Waals surface area contributed by atoms with Gasteiger partial charge in [0.2, 0.25) is 0 Å². The molecule has 0 unspecified atom stereocenters. The molecular weight excluding hydrogens is 305 g/mol.